The van der Waals surface area contributed by atoms with Gasteiger partial charge >= 0.3 is 5.97 Å². The lowest BCUT2D eigenvalue weighted by atomic mass is 10.0. The molecule has 2 aliphatic carbocycles. The van der Waals surface area contributed by atoms with Crippen molar-refractivity contribution in [3.05, 3.63) is 0 Å². The molecule has 0 aliphatic heterocycles. The predicted octanol–water partition coefficient (Wildman–Crippen LogP) is -0.0157. The van der Waals surface area contributed by atoms with E-state index in [2.05, 4.69) is 5.32 Å². The molecule has 2 rings (SSSR count). The molecular formula is C11H17NO4. The Morgan fingerprint density at radius 2 is 1.88 bits per heavy atom. The van der Waals surface area contributed by atoms with E-state index in [9.17, 15) is 9.59 Å². The minimum absolute atomic E-state index is 0.00991. The van der Waals surface area contributed by atoms with Gasteiger partial charge in [0.25, 0.3) is 0 Å². The number of hydrogen-bond donors (Lipinski definition) is 3. The summed E-state index contributed by atoms with van der Waals surface area (Å²) in [6.07, 6.45) is 3.12. The zero-order valence-corrected chi connectivity index (χ0v) is 9.06. The molecule has 5 nitrogen and oxygen atoms in total. The Morgan fingerprint density at radius 1 is 1.25 bits per heavy atom. The number of rotatable bonds is 5. The summed E-state index contributed by atoms with van der Waals surface area (Å²) in [6, 6.07) is -0.950. The molecule has 2 unspecified atom stereocenters. The highest BCUT2D eigenvalue weighted by molar-refractivity contribution is 5.85. The zero-order valence-electron chi connectivity index (χ0n) is 9.06. The Labute approximate surface area is 93.8 Å². The summed E-state index contributed by atoms with van der Waals surface area (Å²) in [6.45, 7) is -0.229. The quantitative estimate of drug-likeness (QED) is 0.616. The van der Waals surface area contributed by atoms with Gasteiger partial charge in [0.05, 0.1) is 0 Å². The average Bonchev–Trinajstić information content (AvgIpc) is 2.84. The van der Waals surface area contributed by atoms with E-state index in [1.165, 1.54) is 6.42 Å². The molecule has 0 spiro atoms. The largest absolute Gasteiger partial charge is 0.480 e. The maximum Gasteiger partial charge on any atom is 0.326 e. The molecule has 0 bridgehead atoms. The first-order valence-electron chi connectivity index (χ1n) is 5.76. The third kappa shape index (κ3) is 2.35. The highest BCUT2D eigenvalue weighted by Crippen LogP contribution is 2.54. The van der Waals surface area contributed by atoms with Crippen LogP contribution in [0.1, 0.15) is 25.7 Å². The van der Waals surface area contributed by atoms with Crippen molar-refractivity contribution < 1.29 is 19.8 Å². The van der Waals surface area contributed by atoms with Crippen molar-refractivity contribution in [2.45, 2.75) is 31.7 Å². The third-order valence-corrected chi connectivity index (χ3v) is 3.65. The van der Waals surface area contributed by atoms with Crippen molar-refractivity contribution in [1.29, 1.82) is 0 Å². The Bertz CT molecular complexity index is 294. The van der Waals surface area contributed by atoms with E-state index in [0.29, 0.717) is 11.8 Å². The summed E-state index contributed by atoms with van der Waals surface area (Å²) in [7, 11) is 0. The second kappa shape index (κ2) is 4.41. The molecule has 5 heteroatoms. The van der Waals surface area contributed by atoms with Crippen LogP contribution in [-0.2, 0) is 9.59 Å². The fourth-order valence-electron chi connectivity index (χ4n) is 2.60. The second-order valence-corrected chi connectivity index (χ2v) is 4.84. The SMILES string of the molecule is O=C(N[C@H](CCO)C(=O)O)C1CC2CC2C1. The lowest BCUT2D eigenvalue weighted by Gasteiger charge is -2.17. The molecule has 0 radical (unpaired) electrons. The lowest BCUT2D eigenvalue weighted by molar-refractivity contribution is -0.143. The fourth-order valence-corrected chi connectivity index (χ4v) is 2.60. The number of amides is 1. The van der Waals surface area contributed by atoms with Gasteiger partial charge < -0.3 is 15.5 Å². The van der Waals surface area contributed by atoms with Crippen molar-refractivity contribution >= 4 is 11.9 Å². The summed E-state index contributed by atoms with van der Waals surface area (Å²) in [4.78, 5) is 22.5. The summed E-state index contributed by atoms with van der Waals surface area (Å²) in [5.74, 6) is 0.164. The first-order valence-corrected chi connectivity index (χ1v) is 5.76. The number of carboxylic acid groups (broad SMARTS) is 1. The molecule has 2 saturated carbocycles. The van der Waals surface area contributed by atoms with Crippen molar-refractivity contribution in [2.24, 2.45) is 17.8 Å². The number of aliphatic hydroxyl groups is 1. The first-order chi connectivity index (χ1) is 7.61. The number of carbonyl (C=O) groups excluding carboxylic acids is 1. The van der Waals surface area contributed by atoms with E-state index in [0.717, 1.165) is 12.8 Å². The highest BCUT2D eigenvalue weighted by atomic mass is 16.4. The lowest BCUT2D eigenvalue weighted by Crippen LogP contribution is -2.43. The second-order valence-electron chi connectivity index (χ2n) is 4.84. The van der Waals surface area contributed by atoms with E-state index >= 15 is 0 Å². The number of aliphatic carboxylic acids is 1. The number of carbonyl (C=O) groups is 2. The minimum Gasteiger partial charge on any atom is -0.480 e. The number of hydrogen-bond acceptors (Lipinski definition) is 3. The van der Waals surface area contributed by atoms with Crippen LogP contribution < -0.4 is 5.32 Å². The fraction of sp³-hybridized carbons (Fsp3) is 0.818. The summed E-state index contributed by atoms with van der Waals surface area (Å²) in [5.41, 5.74) is 0. The predicted molar refractivity (Wildman–Crippen MR) is 55.6 cm³/mol. The molecule has 2 fully saturated rings. The van der Waals surface area contributed by atoms with Crippen LogP contribution in [0.3, 0.4) is 0 Å². The standard InChI is InChI=1S/C11H17NO4/c13-2-1-9(11(15)16)12-10(14)8-4-6-3-7(6)5-8/h6-9,13H,1-5H2,(H,12,14)(H,15,16)/t6?,7?,8?,9-/m1/s1. The van der Waals surface area contributed by atoms with E-state index in [1.807, 2.05) is 0 Å². The number of aliphatic hydroxyl groups excluding tert-OH is 1. The molecule has 16 heavy (non-hydrogen) atoms. The van der Waals surface area contributed by atoms with Gasteiger partial charge in [-0.25, -0.2) is 4.79 Å². The van der Waals surface area contributed by atoms with Gasteiger partial charge in [-0.15, -0.1) is 0 Å². The maximum absolute atomic E-state index is 11.7. The molecule has 3 atom stereocenters. The van der Waals surface area contributed by atoms with Crippen LogP contribution >= 0.6 is 0 Å². The molecule has 0 aromatic rings. The van der Waals surface area contributed by atoms with Gasteiger partial charge in [0, 0.05) is 18.9 Å². The zero-order chi connectivity index (χ0) is 11.7. The molecule has 0 saturated heterocycles. The highest BCUT2D eigenvalue weighted by Gasteiger charge is 2.48. The molecular weight excluding hydrogens is 210 g/mol. The van der Waals surface area contributed by atoms with Gasteiger partial charge in [0.15, 0.2) is 0 Å². The van der Waals surface area contributed by atoms with Crippen LogP contribution in [0.5, 0.6) is 0 Å². The van der Waals surface area contributed by atoms with Crippen LogP contribution in [0.2, 0.25) is 0 Å². The third-order valence-electron chi connectivity index (χ3n) is 3.65. The Balaban J connectivity index is 1.82. The monoisotopic (exact) mass is 227 g/mol. The van der Waals surface area contributed by atoms with Crippen LogP contribution in [0, 0.1) is 17.8 Å². The molecule has 3 N–H and O–H groups in total. The molecule has 2 aliphatic rings. The average molecular weight is 227 g/mol. The number of nitrogens with one attached hydrogen (secondary N) is 1. The molecule has 0 heterocycles. The smallest absolute Gasteiger partial charge is 0.326 e. The van der Waals surface area contributed by atoms with Gasteiger partial charge in [-0.05, 0) is 31.1 Å². The first kappa shape index (κ1) is 11.4. The summed E-state index contributed by atoms with van der Waals surface area (Å²) < 4.78 is 0. The molecule has 0 aromatic carbocycles. The number of fused-ring (bicyclic) bond motifs is 1. The van der Waals surface area contributed by atoms with Crippen molar-refractivity contribution in [3.8, 4) is 0 Å². The molecule has 90 valence electrons. The van der Waals surface area contributed by atoms with Gasteiger partial charge in [-0.2, -0.15) is 0 Å². The Morgan fingerprint density at radius 3 is 2.38 bits per heavy atom. The van der Waals surface area contributed by atoms with Gasteiger partial charge in [0.2, 0.25) is 5.91 Å². The van der Waals surface area contributed by atoms with E-state index < -0.39 is 12.0 Å². The molecule has 1 amide bonds. The summed E-state index contributed by atoms with van der Waals surface area (Å²) in [5, 5.41) is 20.0. The summed E-state index contributed by atoms with van der Waals surface area (Å²) >= 11 is 0. The van der Waals surface area contributed by atoms with Crippen molar-refractivity contribution in [3.63, 3.8) is 0 Å². The number of carboxylic acids is 1. The Hall–Kier alpha value is -1.10. The van der Waals surface area contributed by atoms with Gasteiger partial charge in [0.1, 0.15) is 6.04 Å². The molecule has 0 aromatic heterocycles. The van der Waals surface area contributed by atoms with E-state index in [-0.39, 0.29) is 24.9 Å². The van der Waals surface area contributed by atoms with Crippen molar-refractivity contribution in [1.82, 2.24) is 5.32 Å². The van der Waals surface area contributed by atoms with Gasteiger partial charge in [-0.1, -0.05) is 0 Å². The van der Waals surface area contributed by atoms with Crippen LogP contribution in [0.4, 0.5) is 0 Å². The van der Waals surface area contributed by atoms with Crippen LogP contribution in [0.15, 0.2) is 0 Å². The van der Waals surface area contributed by atoms with Crippen LogP contribution in [-0.4, -0.2) is 34.7 Å². The van der Waals surface area contributed by atoms with Gasteiger partial charge in [-0.3, -0.25) is 4.79 Å². The van der Waals surface area contributed by atoms with Crippen LogP contribution in [0.25, 0.3) is 0 Å². The topological polar surface area (TPSA) is 86.6 Å². The normalized spacial score (nSPS) is 32.9. The van der Waals surface area contributed by atoms with E-state index in [1.54, 1.807) is 0 Å². The van der Waals surface area contributed by atoms with Crippen molar-refractivity contribution in [2.75, 3.05) is 6.61 Å². The Kier molecular flexibility index (Phi) is 3.14. The maximum atomic E-state index is 11.7. The minimum atomic E-state index is -1.08. The van der Waals surface area contributed by atoms with E-state index in [4.69, 9.17) is 10.2 Å².